The third kappa shape index (κ3) is 2.93. The molecule has 0 aliphatic carbocycles. The molecule has 1 saturated heterocycles. The van der Waals surface area contributed by atoms with Crippen LogP contribution in [0.25, 0.3) is 0 Å². The van der Waals surface area contributed by atoms with Crippen molar-refractivity contribution in [3.8, 4) is 0 Å². The summed E-state index contributed by atoms with van der Waals surface area (Å²) in [6, 6.07) is 7.60. The van der Waals surface area contributed by atoms with E-state index in [0.717, 1.165) is 10.0 Å². The molecule has 0 radical (unpaired) electrons. The number of rotatable bonds is 2. The first-order chi connectivity index (χ1) is 8.39. The SMILES string of the molecule is C[C@@H]1[C@@H](c2ccc(Br)cc2)OCCN1S(C)(=O)=O. The third-order valence-corrected chi connectivity index (χ3v) is 5.02. The summed E-state index contributed by atoms with van der Waals surface area (Å²) in [5.41, 5.74) is 0.999. The van der Waals surface area contributed by atoms with Gasteiger partial charge in [-0.2, -0.15) is 4.31 Å². The first-order valence-corrected chi connectivity index (χ1v) is 8.37. The smallest absolute Gasteiger partial charge is 0.211 e. The summed E-state index contributed by atoms with van der Waals surface area (Å²) in [7, 11) is -3.18. The van der Waals surface area contributed by atoms with Crippen LogP contribution in [-0.2, 0) is 14.8 Å². The van der Waals surface area contributed by atoms with E-state index in [1.54, 1.807) is 0 Å². The van der Waals surface area contributed by atoms with E-state index in [1.165, 1.54) is 10.6 Å². The molecular weight excluding hydrogens is 318 g/mol. The second kappa shape index (κ2) is 5.28. The summed E-state index contributed by atoms with van der Waals surface area (Å²) in [4.78, 5) is 0. The van der Waals surface area contributed by atoms with E-state index in [4.69, 9.17) is 4.74 Å². The van der Waals surface area contributed by atoms with Crippen molar-refractivity contribution in [1.82, 2.24) is 4.31 Å². The van der Waals surface area contributed by atoms with Crippen molar-refractivity contribution in [3.63, 3.8) is 0 Å². The average Bonchev–Trinajstić information content (AvgIpc) is 2.29. The lowest BCUT2D eigenvalue weighted by atomic mass is 10.0. The molecule has 0 amide bonds. The Balaban J connectivity index is 2.26. The van der Waals surface area contributed by atoms with E-state index in [1.807, 2.05) is 31.2 Å². The Bertz CT molecular complexity index is 515. The standard InChI is InChI=1S/C12H16BrNO3S/c1-9-12(10-3-5-11(13)6-4-10)17-8-7-14(9)18(2,15)16/h3-6,9,12H,7-8H2,1-2H3/t9-,12+/m1/s1. The fourth-order valence-corrected chi connectivity index (χ4v) is 3.64. The molecular formula is C12H16BrNO3S. The average molecular weight is 334 g/mol. The number of ether oxygens (including phenoxy) is 1. The first kappa shape index (κ1) is 14.0. The maximum Gasteiger partial charge on any atom is 0.211 e. The molecule has 4 nitrogen and oxygen atoms in total. The van der Waals surface area contributed by atoms with E-state index in [0.29, 0.717) is 13.2 Å². The Kier molecular flexibility index (Phi) is 4.11. The predicted octanol–water partition coefficient (Wildman–Crippen LogP) is 2.17. The molecule has 0 unspecified atom stereocenters. The van der Waals surface area contributed by atoms with E-state index in [2.05, 4.69) is 15.9 Å². The fraction of sp³-hybridized carbons (Fsp3) is 0.500. The van der Waals surface area contributed by atoms with Crippen LogP contribution in [0.3, 0.4) is 0 Å². The summed E-state index contributed by atoms with van der Waals surface area (Å²) < 4.78 is 31.6. The number of halogens is 1. The van der Waals surface area contributed by atoms with Crippen LogP contribution in [0.4, 0.5) is 0 Å². The quantitative estimate of drug-likeness (QED) is 0.833. The van der Waals surface area contributed by atoms with Crippen LogP contribution in [-0.4, -0.2) is 38.2 Å². The number of benzene rings is 1. The minimum absolute atomic E-state index is 0.185. The molecule has 0 bridgehead atoms. The number of morpholine rings is 1. The van der Waals surface area contributed by atoms with Gasteiger partial charge in [-0.15, -0.1) is 0 Å². The Hall–Kier alpha value is -0.430. The molecule has 6 heteroatoms. The van der Waals surface area contributed by atoms with Crippen LogP contribution in [0.15, 0.2) is 28.7 Å². The highest BCUT2D eigenvalue weighted by Gasteiger charge is 2.34. The van der Waals surface area contributed by atoms with E-state index in [-0.39, 0.29) is 12.1 Å². The van der Waals surface area contributed by atoms with Gasteiger partial charge in [-0.25, -0.2) is 8.42 Å². The second-order valence-corrected chi connectivity index (χ2v) is 7.31. The highest BCUT2D eigenvalue weighted by molar-refractivity contribution is 9.10. The van der Waals surface area contributed by atoms with Crippen LogP contribution in [0.2, 0.25) is 0 Å². The highest BCUT2D eigenvalue weighted by Crippen LogP contribution is 2.30. The van der Waals surface area contributed by atoms with Gasteiger partial charge in [0.05, 0.1) is 25.0 Å². The fourth-order valence-electron chi connectivity index (χ4n) is 2.26. The molecule has 1 heterocycles. The molecule has 0 spiro atoms. The van der Waals surface area contributed by atoms with E-state index < -0.39 is 10.0 Å². The molecule has 2 rings (SSSR count). The Morgan fingerprint density at radius 1 is 1.33 bits per heavy atom. The minimum atomic E-state index is -3.18. The predicted molar refractivity (Wildman–Crippen MR) is 73.8 cm³/mol. The van der Waals surface area contributed by atoms with Crippen LogP contribution < -0.4 is 0 Å². The molecule has 1 aliphatic heterocycles. The van der Waals surface area contributed by atoms with Gasteiger partial charge in [0.15, 0.2) is 0 Å². The normalized spacial score (nSPS) is 26.2. The van der Waals surface area contributed by atoms with Gasteiger partial charge in [0, 0.05) is 11.0 Å². The highest BCUT2D eigenvalue weighted by atomic mass is 79.9. The zero-order chi connectivity index (χ0) is 13.3. The van der Waals surface area contributed by atoms with Crippen molar-refractivity contribution in [3.05, 3.63) is 34.3 Å². The van der Waals surface area contributed by atoms with Gasteiger partial charge in [-0.1, -0.05) is 28.1 Å². The molecule has 1 aromatic carbocycles. The first-order valence-electron chi connectivity index (χ1n) is 5.73. The summed E-state index contributed by atoms with van der Waals surface area (Å²) in [6.45, 7) is 2.73. The molecule has 0 aromatic heterocycles. The van der Waals surface area contributed by atoms with Crippen LogP contribution in [0.5, 0.6) is 0 Å². The Labute approximate surface area is 116 Å². The van der Waals surface area contributed by atoms with Gasteiger partial charge in [0.1, 0.15) is 0 Å². The molecule has 0 N–H and O–H groups in total. The van der Waals surface area contributed by atoms with Crippen molar-refractivity contribution in [2.45, 2.75) is 19.1 Å². The molecule has 1 fully saturated rings. The molecule has 100 valence electrons. The molecule has 1 aliphatic rings. The lowest BCUT2D eigenvalue weighted by Gasteiger charge is -2.37. The van der Waals surface area contributed by atoms with Crippen molar-refractivity contribution in [2.75, 3.05) is 19.4 Å². The maximum atomic E-state index is 11.7. The number of hydrogen-bond donors (Lipinski definition) is 0. The zero-order valence-corrected chi connectivity index (χ0v) is 12.7. The lowest BCUT2D eigenvalue weighted by Crippen LogP contribution is -2.48. The van der Waals surface area contributed by atoms with Crippen LogP contribution in [0, 0.1) is 0 Å². The van der Waals surface area contributed by atoms with E-state index >= 15 is 0 Å². The monoisotopic (exact) mass is 333 g/mol. The van der Waals surface area contributed by atoms with Gasteiger partial charge in [-0.05, 0) is 24.6 Å². The maximum absolute atomic E-state index is 11.7. The molecule has 1 aromatic rings. The largest absolute Gasteiger partial charge is 0.370 e. The van der Waals surface area contributed by atoms with Gasteiger partial charge < -0.3 is 4.74 Å². The number of nitrogens with zero attached hydrogens (tertiary/aromatic N) is 1. The van der Waals surface area contributed by atoms with Crippen LogP contribution >= 0.6 is 15.9 Å². The van der Waals surface area contributed by atoms with Gasteiger partial charge >= 0.3 is 0 Å². The van der Waals surface area contributed by atoms with Crippen molar-refractivity contribution >= 4 is 26.0 Å². The van der Waals surface area contributed by atoms with Crippen molar-refractivity contribution in [1.29, 1.82) is 0 Å². The summed E-state index contributed by atoms with van der Waals surface area (Å²) in [5.74, 6) is 0. The summed E-state index contributed by atoms with van der Waals surface area (Å²) >= 11 is 3.38. The zero-order valence-electron chi connectivity index (χ0n) is 10.3. The summed E-state index contributed by atoms with van der Waals surface area (Å²) in [5, 5.41) is 0. The Morgan fingerprint density at radius 3 is 2.50 bits per heavy atom. The topological polar surface area (TPSA) is 46.6 Å². The number of sulfonamides is 1. The summed E-state index contributed by atoms with van der Waals surface area (Å²) in [6.07, 6.45) is 1.04. The molecule has 18 heavy (non-hydrogen) atoms. The van der Waals surface area contributed by atoms with E-state index in [9.17, 15) is 8.42 Å². The second-order valence-electron chi connectivity index (χ2n) is 4.46. The molecule has 0 saturated carbocycles. The van der Waals surface area contributed by atoms with Gasteiger partial charge in [0.25, 0.3) is 0 Å². The van der Waals surface area contributed by atoms with Gasteiger partial charge in [0.2, 0.25) is 10.0 Å². The van der Waals surface area contributed by atoms with Crippen molar-refractivity contribution < 1.29 is 13.2 Å². The minimum Gasteiger partial charge on any atom is -0.370 e. The lowest BCUT2D eigenvalue weighted by molar-refractivity contribution is -0.0359. The Morgan fingerprint density at radius 2 is 1.94 bits per heavy atom. The van der Waals surface area contributed by atoms with Gasteiger partial charge in [-0.3, -0.25) is 0 Å². The van der Waals surface area contributed by atoms with Crippen molar-refractivity contribution in [2.24, 2.45) is 0 Å². The molecule has 2 atom stereocenters. The number of hydrogen-bond acceptors (Lipinski definition) is 3. The third-order valence-electron chi connectivity index (χ3n) is 3.13. The van der Waals surface area contributed by atoms with Crippen LogP contribution in [0.1, 0.15) is 18.6 Å².